The lowest BCUT2D eigenvalue weighted by atomic mass is 10.1. The zero-order valence-corrected chi connectivity index (χ0v) is 13.0. The maximum absolute atomic E-state index is 12.4. The summed E-state index contributed by atoms with van der Waals surface area (Å²) in [7, 11) is 2.11. The molecule has 1 atom stereocenters. The molecule has 0 bridgehead atoms. The summed E-state index contributed by atoms with van der Waals surface area (Å²) >= 11 is 0. The molecule has 6 nitrogen and oxygen atoms in total. The summed E-state index contributed by atoms with van der Waals surface area (Å²) in [6.07, 6.45) is 4.52. The van der Waals surface area contributed by atoms with Crippen LogP contribution in [0, 0.1) is 0 Å². The van der Waals surface area contributed by atoms with E-state index in [0.717, 1.165) is 39.0 Å². The van der Waals surface area contributed by atoms with Crippen LogP contribution in [-0.4, -0.2) is 61.3 Å². The molecule has 2 saturated heterocycles. The number of pyridine rings is 1. The SMILES string of the molecule is CN1CCC(NC(=O)c2ccnc(OC3CCOC3)c2)CC1. The number of nitrogens with one attached hydrogen (secondary N) is 1. The molecule has 1 amide bonds. The van der Waals surface area contributed by atoms with Gasteiger partial charge in [-0.3, -0.25) is 4.79 Å². The predicted molar refractivity (Wildman–Crippen MR) is 82.1 cm³/mol. The van der Waals surface area contributed by atoms with Gasteiger partial charge in [-0.25, -0.2) is 4.98 Å². The van der Waals surface area contributed by atoms with Crippen LogP contribution in [0.2, 0.25) is 0 Å². The first-order chi connectivity index (χ1) is 10.7. The van der Waals surface area contributed by atoms with Gasteiger partial charge in [0, 0.05) is 30.3 Å². The van der Waals surface area contributed by atoms with Gasteiger partial charge in [-0.1, -0.05) is 0 Å². The normalized spacial score (nSPS) is 23.4. The number of likely N-dealkylation sites (tertiary alicyclic amines) is 1. The van der Waals surface area contributed by atoms with Crippen molar-refractivity contribution >= 4 is 5.91 Å². The monoisotopic (exact) mass is 305 g/mol. The van der Waals surface area contributed by atoms with Crippen LogP contribution in [0.4, 0.5) is 0 Å². The highest BCUT2D eigenvalue weighted by Crippen LogP contribution is 2.16. The van der Waals surface area contributed by atoms with E-state index in [4.69, 9.17) is 9.47 Å². The van der Waals surface area contributed by atoms with Gasteiger partial charge in [0.1, 0.15) is 6.10 Å². The second-order valence-electron chi connectivity index (χ2n) is 6.04. The number of rotatable bonds is 4. The van der Waals surface area contributed by atoms with Crippen molar-refractivity contribution in [3.63, 3.8) is 0 Å². The average Bonchev–Trinajstić information content (AvgIpc) is 3.03. The molecular weight excluding hydrogens is 282 g/mol. The zero-order chi connectivity index (χ0) is 15.4. The fraction of sp³-hybridized carbons (Fsp3) is 0.625. The molecule has 0 radical (unpaired) electrons. The van der Waals surface area contributed by atoms with Gasteiger partial charge in [-0.2, -0.15) is 0 Å². The Labute approximate surface area is 130 Å². The van der Waals surface area contributed by atoms with Gasteiger partial charge in [-0.05, 0) is 39.0 Å². The molecule has 2 aliphatic heterocycles. The quantitative estimate of drug-likeness (QED) is 0.901. The van der Waals surface area contributed by atoms with E-state index in [0.29, 0.717) is 18.1 Å². The van der Waals surface area contributed by atoms with E-state index in [2.05, 4.69) is 22.2 Å². The summed E-state index contributed by atoms with van der Waals surface area (Å²) in [4.78, 5) is 18.8. The van der Waals surface area contributed by atoms with E-state index in [-0.39, 0.29) is 18.1 Å². The third-order valence-electron chi connectivity index (χ3n) is 4.23. The third-order valence-corrected chi connectivity index (χ3v) is 4.23. The molecule has 0 saturated carbocycles. The number of aromatic nitrogens is 1. The van der Waals surface area contributed by atoms with Gasteiger partial charge in [0.2, 0.25) is 5.88 Å². The van der Waals surface area contributed by atoms with Crippen LogP contribution in [0.5, 0.6) is 5.88 Å². The lowest BCUT2D eigenvalue weighted by molar-refractivity contribution is 0.0915. The molecule has 0 spiro atoms. The first-order valence-electron chi connectivity index (χ1n) is 7.90. The van der Waals surface area contributed by atoms with Crippen LogP contribution in [0.15, 0.2) is 18.3 Å². The lowest BCUT2D eigenvalue weighted by Crippen LogP contribution is -2.43. The molecule has 0 aliphatic carbocycles. The van der Waals surface area contributed by atoms with Crippen molar-refractivity contribution < 1.29 is 14.3 Å². The van der Waals surface area contributed by atoms with E-state index < -0.39 is 0 Å². The van der Waals surface area contributed by atoms with Crippen LogP contribution < -0.4 is 10.1 Å². The predicted octanol–water partition coefficient (Wildman–Crippen LogP) is 1.07. The second-order valence-corrected chi connectivity index (χ2v) is 6.04. The Morgan fingerprint density at radius 1 is 1.41 bits per heavy atom. The van der Waals surface area contributed by atoms with Gasteiger partial charge in [0.15, 0.2) is 0 Å². The Bertz CT molecular complexity index is 509. The standard InChI is InChI=1S/C16H23N3O3/c1-19-7-3-13(4-8-19)18-16(20)12-2-6-17-15(10-12)22-14-5-9-21-11-14/h2,6,10,13-14H,3-5,7-9,11H2,1H3,(H,18,20). The maximum atomic E-state index is 12.4. The molecular formula is C16H23N3O3. The molecule has 3 rings (SSSR count). The fourth-order valence-electron chi connectivity index (χ4n) is 2.81. The molecule has 0 aromatic carbocycles. The highest BCUT2D eigenvalue weighted by Gasteiger charge is 2.21. The van der Waals surface area contributed by atoms with Crippen molar-refractivity contribution in [2.75, 3.05) is 33.4 Å². The molecule has 1 N–H and O–H groups in total. The average molecular weight is 305 g/mol. The van der Waals surface area contributed by atoms with Crippen molar-refractivity contribution in [1.29, 1.82) is 0 Å². The van der Waals surface area contributed by atoms with Crippen molar-refractivity contribution in [3.05, 3.63) is 23.9 Å². The van der Waals surface area contributed by atoms with Crippen LogP contribution in [0.1, 0.15) is 29.6 Å². The van der Waals surface area contributed by atoms with Crippen molar-refractivity contribution in [2.45, 2.75) is 31.4 Å². The molecule has 1 aromatic rings. The van der Waals surface area contributed by atoms with Gasteiger partial charge in [0.05, 0.1) is 13.2 Å². The molecule has 2 aliphatic rings. The summed E-state index contributed by atoms with van der Waals surface area (Å²) in [5, 5.41) is 3.10. The number of nitrogens with zero attached hydrogens (tertiary/aromatic N) is 2. The van der Waals surface area contributed by atoms with Crippen LogP contribution in [0.3, 0.4) is 0 Å². The first kappa shape index (κ1) is 15.2. The van der Waals surface area contributed by atoms with E-state index >= 15 is 0 Å². The Kier molecular flexibility index (Phi) is 4.90. The summed E-state index contributed by atoms with van der Waals surface area (Å²) in [6.45, 7) is 3.36. The van der Waals surface area contributed by atoms with E-state index in [1.807, 2.05) is 0 Å². The van der Waals surface area contributed by atoms with Crippen LogP contribution in [0.25, 0.3) is 0 Å². The number of piperidine rings is 1. The highest BCUT2D eigenvalue weighted by molar-refractivity contribution is 5.94. The Balaban J connectivity index is 1.57. The number of amides is 1. The Morgan fingerprint density at radius 2 is 2.23 bits per heavy atom. The summed E-state index contributed by atoms with van der Waals surface area (Å²) < 4.78 is 11.0. The van der Waals surface area contributed by atoms with E-state index in [1.165, 1.54) is 0 Å². The summed E-state index contributed by atoms with van der Waals surface area (Å²) in [5.41, 5.74) is 0.600. The first-order valence-corrected chi connectivity index (χ1v) is 7.90. The van der Waals surface area contributed by atoms with Crippen molar-refractivity contribution in [3.8, 4) is 5.88 Å². The number of hydrogen-bond acceptors (Lipinski definition) is 5. The lowest BCUT2D eigenvalue weighted by Gasteiger charge is -2.29. The Hall–Kier alpha value is -1.66. The van der Waals surface area contributed by atoms with Gasteiger partial charge >= 0.3 is 0 Å². The smallest absolute Gasteiger partial charge is 0.251 e. The topological polar surface area (TPSA) is 63.7 Å². The summed E-state index contributed by atoms with van der Waals surface area (Å²) in [6, 6.07) is 3.69. The number of carbonyl (C=O) groups excluding carboxylic acids is 1. The van der Waals surface area contributed by atoms with Crippen LogP contribution >= 0.6 is 0 Å². The molecule has 2 fully saturated rings. The number of hydrogen-bond donors (Lipinski definition) is 1. The van der Waals surface area contributed by atoms with E-state index in [9.17, 15) is 4.79 Å². The third kappa shape index (κ3) is 3.96. The zero-order valence-electron chi connectivity index (χ0n) is 13.0. The second kappa shape index (κ2) is 7.07. The van der Waals surface area contributed by atoms with Gasteiger partial charge < -0.3 is 19.7 Å². The van der Waals surface area contributed by atoms with Crippen molar-refractivity contribution in [1.82, 2.24) is 15.2 Å². The van der Waals surface area contributed by atoms with Gasteiger partial charge in [0.25, 0.3) is 5.91 Å². The highest BCUT2D eigenvalue weighted by atomic mass is 16.5. The maximum Gasteiger partial charge on any atom is 0.251 e. The molecule has 120 valence electrons. The fourth-order valence-corrected chi connectivity index (χ4v) is 2.81. The molecule has 3 heterocycles. The largest absolute Gasteiger partial charge is 0.472 e. The minimum absolute atomic E-state index is 0.0414. The van der Waals surface area contributed by atoms with E-state index in [1.54, 1.807) is 18.3 Å². The molecule has 22 heavy (non-hydrogen) atoms. The minimum atomic E-state index is -0.0514. The number of carbonyl (C=O) groups is 1. The molecule has 1 unspecified atom stereocenters. The number of ether oxygens (including phenoxy) is 2. The Morgan fingerprint density at radius 3 is 2.95 bits per heavy atom. The summed E-state index contributed by atoms with van der Waals surface area (Å²) in [5.74, 6) is 0.441. The molecule has 6 heteroatoms. The van der Waals surface area contributed by atoms with Gasteiger partial charge in [-0.15, -0.1) is 0 Å². The van der Waals surface area contributed by atoms with Crippen molar-refractivity contribution in [2.24, 2.45) is 0 Å². The van der Waals surface area contributed by atoms with Crippen LogP contribution in [-0.2, 0) is 4.74 Å². The minimum Gasteiger partial charge on any atom is -0.472 e. The molecule has 1 aromatic heterocycles.